The van der Waals surface area contributed by atoms with Crippen molar-refractivity contribution in [3.05, 3.63) is 35.9 Å². The summed E-state index contributed by atoms with van der Waals surface area (Å²) in [6, 6.07) is 8.52. The zero-order chi connectivity index (χ0) is 18.7. The van der Waals surface area contributed by atoms with E-state index in [4.69, 9.17) is 4.74 Å². The summed E-state index contributed by atoms with van der Waals surface area (Å²) in [6.45, 7) is 1.29. The monoisotopic (exact) mass is 360 g/mol. The van der Waals surface area contributed by atoms with Crippen LogP contribution in [-0.4, -0.2) is 58.9 Å². The van der Waals surface area contributed by atoms with Gasteiger partial charge >= 0.3 is 12.1 Å². The topological polar surface area (TPSA) is 93.2 Å². The lowest BCUT2D eigenvalue weighted by atomic mass is 10.1. The van der Waals surface area contributed by atoms with E-state index in [-0.39, 0.29) is 18.9 Å². The van der Waals surface area contributed by atoms with Crippen LogP contribution in [-0.2, 0) is 30.5 Å². The summed E-state index contributed by atoms with van der Waals surface area (Å²) in [5.74, 6) is -1.51. The van der Waals surface area contributed by atoms with Crippen molar-refractivity contribution < 1.29 is 28.7 Å². The fourth-order valence-corrected chi connectivity index (χ4v) is 3.43. The fourth-order valence-electron chi connectivity index (χ4n) is 3.43. The lowest BCUT2D eigenvalue weighted by molar-refractivity contribution is -0.154. The molecule has 138 valence electrons. The number of esters is 1. The highest BCUT2D eigenvalue weighted by Gasteiger charge is 2.51. The van der Waals surface area contributed by atoms with Crippen molar-refractivity contribution in [2.24, 2.45) is 0 Å². The van der Waals surface area contributed by atoms with Gasteiger partial charge in [-0.3, -0.25) is 19.3 Å². The van der Waals surface area contributed by atoms with Crippen LogP contribution in [0.4, 0.5) is 4.79 Å². The van der Waals surface area contributed by atoms with Gasteiger partial charge in [0.25, 0.3) is 5.91 Å². The number of hydrogen-bond donors (Lipinski definition) is 0. The third-order valence-corrected chi connectivity index (χ3v) is 4.60. The number of hydrogen-bond acceptors (Lipinski definition) is 6. The third-order valence-electron chi connectivity index (χ3n) is 4.60. The largest absolute Gasteiger partial charge is 0.456 e. The van der Waals surface area contributed by atoms with Crippen molar-refractivity contribution in [3.8, 4) is 0 Å². The predicted molar refractivity (Wildman–Crippen MR) is 88.6 cm³/mol. The number of carbonyl (C=O) groups excluding carboxylic acids is 4. The van der Waals surface area contributed by atoms with Crippen molar-refractivity contribution in [2.45, 2.75) is 38.5 Å². The van der Waals surface area contributed by atoms with Gasteiger partial charge in [0.05, 0.1) is 12.1 Å². The zero-order valence-corrected chi connectivity index (χ0v) is 14.4. The number of amides is 3. The van der Waals surface area contributed by atoms with Gasteiger partial charge in [-0.15, -0.1) is 0 Å². The number of benzene rings is 1. The van der Waals surface area contributed by atoms with Gasteiger partial charge in [-0.05, 0) is 12.0 Å². The Balaban J connectivity index is 1.60. The molecule has 2 saturated heterocycles. The lowest BCUT2D eigenvalue weighted by Crippen LogP contribution is -2.43. The molecule has 2 aliphatic heterocycles. The maximum atomic E-state index is 12.4. The molecule has 0 aliphatic carbocycles. The van der Waals surface area contributed by atoms with Gasteiger partial charge in [0.1, 0.15) is 6.61 Å². The first-order valence-corrected chi connectivity index (χ1v) is 8.43. The number of likely N-dealkylation sites (tertiary alicyclic amines) is 2. The summed E-state index contributed by atoms with van der Waals surface area (Å²) in [5, 5.41) is 0. The highest BCUT2D eigenvalue weighted by atomic mass is 16.6. The van der Waals surface area contributed by atoms with Crippen LogP contribution < -0.4 is 0 Å². The molecule has 3 rings (SSSR count). The van der Waals surface area contributed by atoms with E-state index in [1.165, 1.54) is 11.8 Å². The van der Waals surface area contributed by atoms with E-state index in [0.29, 0.717) is 13.0 Å². The van der Waals surface area contributed by atoms with Crippen molar-refractivity contribution in [1.82, 2.24) is 9.80 Å². The molecule has 0 saturated carbocycles. The van der Waals surface area contributed by atoms with Crippen LogP contribution in [0.25, 0.3) is 0 Å². The maximum Gasteiger partial charge on any atom is 0.410 e. The summed E-state index contributed by atoms with van der Waals surface area (Å²) >= 11 is 0. The number of nitrogens with zero attached hydrogens (tertiary/aromatic N) is 2. The van der Waals surface area contributed by atoms with Crippen molar-refractivity contribution >= 4 is 23.9 Å². The molecule has 0 spiro atoms. The summed E-state index contributed by atoms with van der Waals surface area (Å²) in [5.41, 5.74) is 0.872. The fraction of sp³-hybridized carbons (Fsp3) is 0.444. The summed E-state index contributed by atoms with van der Waals surface area (Å²) in [7, 11) is 0. The van der Waals surface area contributed by atoms with Gasteiger partial charge < -0.3 is 14.4 Å². The molecule has 0 radical (unpaired) electrons. The van der Waals surface area contributed by atoms with Crippen LogP contribution in [0, 0.1) is 0 Å². The Morgan fingerprint density at radius 1 is 1.12 bits per heavy atom. The molecular weight excluding hydrogens is 340 g/mol. The Labute approximate surface area is 150 Å². The van der Waals surface area contributed by atoms with E-state index in [1.54, 1.807) is 0 Å². The van der Waals surface area contributed by atoms with E-state index < -0.39 is 36.7 Å². The molecule has 2 heterocycles. The second-order valence-corrected chi connectivity index (χ2v) is 6.30. The number of ether oxygens (including phenoxy) is 2. The third kappa shape index (κ3) is 3.68. The second-order valence-electron chi connectivity index (χ2n) is 6.30. The Bertz CT molecular complexity index is 720. The van der Waals surface area contributed by atoms with Crippen LogP contribution in [0.1, 0.15) is 25.3 Å². The van der Waals surface area contributed by atoms with Crippen LogP contribution in [0.15, 0.2) is 30.3 Å². The van der Waals surface area contributed by atoms with Gasteiger partial charge in [0, 0.05) is 19.9 Å². The van der Waals surface area contributed by atoms with Gasteiger partial charge in [-0.1, -0.05) is 30.3 Å². The van der Waals surface area contributed by atoms with E-state index in [2.05, 4.69) is 4.74 Å². The Morgan fingerprint density at radius 3 is 2.54 bits per heavy atom. The molecular formula is C18H20N2O6. The smallest absolute Gasteiger partial charge is 0.410 e. The molecule has 0 aromatic heterocycles. The van der Waals surface area contributed by atoms with Crippen molar-refractivity contribution in [1.29, 1.82) is 0 Å². The van der Waals surface area contributed by atoms with Gasteiger partial charge in [-0.25, -0.2) is 4.79 Å². The van der Waals surface area contributed by atoms with Gasteiger partial charge in [0.2, 0.25) is 5.91 Å². The molecule has 2 fully saturated rings. The molecule has 2 aliphatic rings. The quantitative estimate of drug-likeness (QED) is 0.746. The predicted octanol–water partition coefficient (Wildman–Crippen LogP) is 1.09. The Hall–Kier alpha value is -2.90. The van der Waals surface area contributed by atoms with Crippen molar-refractivity contribution in [3.63, 3.8) is 0 Å². The average molecular weight is 360 g/mol. The highest BCUT2D eigenvalue weighted by molar-refractivity contribution is 5.99. The standard InChI is InChI=1S/C18H20N2O6/c1-12(21)25-11-17(23)20-14-7-8-19(15(14)9-16(20)22)18(24)26-10-13-5-3-2-4-6-13/h2-6,14-15H,7-11H2,1H3/t14-,15+/m0/s1. The molecule has 0 bridgehead atoms. The van der Waals surface area contributed by atoms with E-state index in [9.17, 15) is 19.2 Å². The number of carbonyl (C=O) groups is 4. The summed E-state index contributed by atoms with van der Waals surface area (Å²) in [6.07, 6.45) is 0.0583. The minimum atomic E-state index is -0.584. The highest BCUT2D eigenvalue weighted by Crippen LogP contribution is 2.33. The first kappa shape index (κ1) is 17.9. The molecule has 1 aromatic rings. The Morgan fingerprint density at radius 2 is 1.85 bits per heavy atom. The van der Waals surface area contributed by atoms with E-state index in [0.717, 1.165) is 10.5 Å². The number of rotatable bonds is 4. The Kier molecular flexibility index (Phi) is 5.20. The van der Waals surface area contributed by atoms with Crippen LogP contribution in [0.5, 0.6) is 0 Å². The van der Waals surface area contributed by atoms with Crippen LogP contribution in [0.3, 0.4) is 0 Å². The van der Waals surface area contributed by atoms with Crippen LogP contribution in [0.2, 0.25) is 0 Å². The minimum absolute atomic E-state index is 0.0664. The van der Waals surface area contributed by atoms with Crippen molar-refractivity contribution in [2.75, 3.05) is 13.2 Å². The summed E-state index contributed by atoms with van der Waals surface area (Å²) < 4.78 is 10.0. The molecule has 0 unspecified atom stereocenters. The number of imide groups is 1. The van der Waals surface area contributed by atoms with Crippen LogP contribution >= 0.6 is 0 Å². The first-order chi connectivity index (χ1) is 12.5. The van der Waals surface area contributed by atoms with Gasteiger partial charge in [-0.2, -0.15) is 0 Å². The molecule has 8 heteroatoms. The van der Waals surface area contributed by atoms with E-state index >= 15 is 0 Å². The maximum absolute atomic E-state index is 12.4. The lowest BCUT2D eigenvalue weighted by Gasteiger charge is -2.23. The zero-order valence-electron chi connectivity index (χ0n) is 14.4. The molecule has 3 amide bonds. The first-order valence-electron chi connectivity index (χ1n) is 8.43. The number of fused-ring (bicyclic) bond motifs is 1. The average Bonchev–Trinajstić information content (AvgIpc) is 3.16. The van der Waals surface area contributed by atoms with E-state index in [1.807, 2.05) is 30.3 Å². The van der Waals surface area contributed by atoms with Gasteiger partial charge in [0.15, 0.2) is 6.61 Å². The molecule has 2 atom stereocenters. The molecule has 0 N–H and O–H groups in total. The molecule has 8 nitrogen and oxygen atoms in total. The SMILES string of the molecule is CC(=O)OCC(=O)N1C(=O)C[C@@H]2[C@@H]1CCN2C(=O)OCc1ccccc1. The normalized spacial score (nSPS) is 21.5. The molecule has 26 heavy (non-hydrogen) atoms. The second kappa shape index (κ2) is 7.55. The molecule has 1 aromatic carbocycles. The minimum Gasteiger partial charge on any atom is -0.456 e. The summed E-state index contributed by atoms with van der Waals surface area (Å²) in [4.78, 5) is 50.3.